The van der Waals surface area contributed by atoms with Crippen LogP contribution in [0.15, 0.2) is 59.5 Å². The number of hydrogen-bond acceptors (Lipinski definition) is 5. The normalized spacial score (nSPS) is 11.4. The average Bonchev–Trinajstić information content (AvgIpc) is 3.36. The Balaban J connectivity index is 1.67. The summed E-state index contributed by atoms with van der Waals surface area (Å²) in [6, 6.07) is 11.1. The second-order valence-corrected chi connectivity index (χ2v) is 5.92. The number of benzene rings is 1. The summed E-state index contributed by atoms with van der Waals surface area (Å²) >= 11 is 5.87. The molecule has 3 rings (SSSR count). The van der Waals surface area contributed by atoms with Crippen LogP contribution in [0.5, 0.6) is 0 Å². The number of amides is 2. The van der Waals surface area contributed by atoms with E-state index in [1.54, 1.807) is 35.3 Å². The Hall–Kier alpha value is -3.57. The van der Waals surface area contributed by atoms with E-state index in [-0.39, 0.29) is 17.8 Å². The smallest absolute Gasteiger partial charge is 0.313 e. The molecule has 0 bridgehead atoms. The minimum absolute atomic E-state index is 0.0854. The molecule has 0 aliphatic rings. The largest absolute Gasteiger partial charge is 0.467 e. The van der Waals surface area contributed by atoms with Crippen molar-refractivity contribution < 1.29 is 14.0 Å². The van der Waals surface area contributed by atoms with Crippen LogP contribution in [0, 0.1) is 11.3 Å². The summed E-state index contributed by atoms with van der Waals surface area (Å²) < 4.78 is 7.00. The number of rotatable bonds is 5. The van der Waals surface area contributed by atoms with E-state index in [2.05, 4.69) is 15.7 Å². The number of nitrogens with one attached hydrogen (secondary N) is 2. The van der Waals surface area contributed by atoms with Gasteiger partial charge in [-0.1, -0.05) is 11.6 Å². The Kier molecular flexibility index (Phi) is 5.54. The Labute approximate surface area is 159 Å². The van der Waals surface area contributed by atoms with Crippen molar-refractivity contribution in [1.29, 1.82) is 5.26 Å². The predicted octanol–water partition coefficient (Wildman–Crippen LogP) is 2.35. The first kappa shape index (κ1) is 18.2. The maximum atomic E-state index is 12.2. The van der Waals surface area contributed by atoms with Crippen LogP contribution in [-0.2, 0) is 9.59 Å². The minimum Gasteiger partial charge on any atom is -0.467 e. The summed E-state index contributed by atoms with van der Waals surface area (Å²) in [6.45, 7) is 0.0854. The van der Waals surface area contributed by atoms with Gasteiger partial charge < -0.3 is 15.1 Å². The van der Waals surface area contributed by atoms with Gasteiger partial charge in [0.2, 0.25) is 0 Å². The number of anilines is 1. The van der Waals surface area contributed by atoms with Gasteiger partial charge in [-0.25, -0.2) is 0 Å². The van der Waals surface area contributed by atoms with Crippen molar-refractivity contribution in [2.24, 2.45) is 0 Å². The van der Waals surface area contributed by atoms with Crippen molar-refractivity contribution in [3.63, 3.8) is 0 Å². The molecule has 2 amide bonds. The second kappa shape index (κ2) is 8.21. The summed E-state index contributed by atoms with van der Waals surface area (Å²) in [5, 5.41) is 18.5. The molecule has 2 heterocycles. The first-order valence-electron chi connectivity index (χ1n) is 7.90. The average molecular weight is 384 g/mol. The van der Waals surface area contributed by atoms with Crippen molar-refractivity contribution in [2.45, 2.75) is 6.04 Å². The number of hydrogen-bond donors (Lipinski definition) is 2. The van der Waals surface area contributed by atoms with Crippen LogP contribution in [-0.4, -0.2) is 28.1 Å². The molecule has 0 aliphatic heterocycles. The van der Waals surface area contributed by atoms with Crippen molar-refractivity contribution >= 4 is 29.1 Å². The first-order valence-corrected chi connectivity index (χ1v) is 8.27. The highest BCUT2D eigenvalue weighted by molar-refractivity contribution is 6.40. The first-order chi connectivity index (χ1) is 13.1. The molecule has 136 valence electrons. The van der Waals surface area contributed by atoms with E-state index in [0.29, 0.717) is 10.8 Å². The molecular formula is C18H14ClN5O3. The van der Waals surface area contributed by atoms with E-state index in [1.807, 2.05) is 6.07 Å². The van der Waals surface area contributed by atoms with Crippen LogP contribution in [0.1, 0.15) is 17.4 Å². The lowest BCUT2D eigenvalue weighted by Gasteiger charge is -2.16. The molecule has 0 radical (unpaired) electrons. The number of halogens is 1. The molecule has 0 saturated heterocycles. The monoisotopic (exact) mass is 383 g/mol. The molecule has 8 nitrogen and oxygen atoms in total. The van der Waals surface area contributed by atoms with Gasteiger partial charge in [0.05, 0.1) is 17.5 Å². The molecular weight excluding hydrogens is 370 g/mol. The Bertz CT molecular complexity index is 943. The summed E-state index contributed by atoms with van der Waals surface area (Å²) in [5.74, 6) is -1.18. The fourth-order valence-electron chi connectivity index (χ4n) is 2.44. The molecule has 1 unspecified atom stereocenters. The van der Waals surface area contributed by atoms with Gasteiger partial charge in [-0.05, 0) is 36.4 Å². The Morgan fingerprint density at radius 1 is 1.30 bits per heavy atom. The van der Waals surface area contributed by atoms with Crippen molar-refractivity contribution in [3.05, 3.63) is 71.4 Å². The van der Waals surface area contributed by atoms with Crippen LogP contribution >= 0.6 is 11.6 Å². The van der Waals surface area contributed by atoms with Gasteiger partial charge in [-0.2, -0.15) is 10.4 Å². The van der Waals surface area contributed by atoms with Crippen LogP contribution in [0.25, 0.3) is 0 Å². The molecule has 0 saturated carbocycles. The quantitative estimate of drug-likeness (QED) is 0.656. The molecule has 1 atom stereocenters. The third kappa shape index (κ3) is 4.34. The van der Waals surface area contributed by atoms with Gasteiger partial charge in [-0.3, -0.25) is 14.3 Å². The van der Waals surface area contributed by atoms with Gasteiger partial charge in [-0.15, -0.1) is 0 Å². The van der Waals surface area contributed by atoms with Crippen LogP contribution in [0.2, 0.25) is 5.02 Å². The van der Waals surface area contributed by atoms with Gasteiger partial charge in [0.1, 0.15) is 17.9 Å². The predicted molar refractivity (Wildman–Crippen MR) is 96.9 cm³/mol. The highest BCUT2D eigenvalue weighted by Crippen LogP contribution is 2.20. The SMILES string of the molecule is N#Cc1ccc(Cl)cc1NC(=O)C(=O)NCC(c1ccco1)n1cccn1. The summed E-state index contributed by atoms with van der Waals surface area (Å²) in [7, 11) is 0. The zero-order chi connectivity index (χ0) is 19.2. The number of nitrogens with zero attached hydrogens (tertiary/aromatic N) is 3. The number of nitriles is 1. The van der Waals surface area contributed by atoms with Crippen molar-refractivity contribution in [3.8, 4) is 6.07 Å². The van der Waals surface area contributed by atoms with E-state index in [0.717, 1.165) is 0 Å². The maximum Gasteiger partial charge on any atom is 0.313 e. The maximum absolute atomic E-state index is 12.2. The third-order valence-corrected chi connectivity index (χ3v) is 3.96. The molecule has 2 aromatic heterocycles. The Morgan fingerprint density at radius 3 is 2.81 bits per heavy atom. The number of carbonyl (C=O) groups is 2. The lowest BCUT2D eigenvalue weighted by molar-refractivity contribution is -0.136. The standard InChI is InChI=1S/C18H14ClN5O3/c19-13-5-4-12(10-20)14(9-13)23-18(26)17(25)21-11-15(16-3-1-8-27-16)24-7-2-6-22-24/h1-9,15H,11H2,(H,21,25)(H,23,26). The van der Waals surface area contributed by atoms with Crippen LogP contribution in [0.4, 0.5) is 5.69 Å². The summed E-state index contributed by atoms with van der Waals surface area (Å²) in [5.41, 5.74) is 0.366. The van der Waals surface area contributed by atoms with Crippen LogP contribution in [0.3, 0.4) is 0 Å². The number of aromatic nitrogens is 2. The highest BCUT2D eigenvalue weighted by Gasteiger charge is 2.21. The minimum atomic E-state index is -0.910. The van der Waals surface area contributed by atoms with Gasteiger partial charge >= 0.3 is 11.8 Å². The van der Waals surface area contributed by atoms with Crippen molar-refractivity contribution in [1.82, 2.24) is 15.1 Å². The van der Waals surface area contributed by atoms with Gasteiger partial charge in [0.25, 0.3) is 0 Å². The second-order valence-electron chi connectivity index (χ2n) is 5.48. The molecule has 0 aliphatic carbocycles. The van der Waals surface area contributed by atoms with E-state index in [4.69, 9.17) is 21.3 Å². The van der Waals surface area contributed by atoms with E-state index < -0.39 is 17.9 Å². The third-order valence-electron chi connectivity index (χ3n) is 3.73. The lowest BCUT2D eigenvalue weighted by Crippen LogP contribution is -2.39. The number of furan rings is 1. The van der Waals surface area contributed by atoms with Crippen LogP contribution < -0.4 is 10.6 Å². The van der Waals surface area contributed by atoms with Crippen molar-refractivity contribution in [2.75, 3.05) is 11.9 Å². The molecule has 9 heteroatoms. The zero-order valence-electron chi connectivity index (χ0n) is 13.9. The molecule has 1 aromatic carbocycles. The van der Waals surface area contributed by atoms with E-state index in [1.165, 1.54) is 24.5 Å². The van der Waals surface area contributed by atoms with Gasteiger partial charge in [0.15, 0.2) is 0 Å². The van der Waals surface area contributed by atoms with E-state index >= 15 is 0 Å². The summed E-state index contributed by atoms with van der Waals surface area (Å²) in [6.07, 6.45) is 4.85. The molecule has 0 spiro atoms. The molecule has 27 heavy (non-hydrogen) atoms. The van der Waals surface area contributed by atoms with E-state index in [9.17, 15) is 9.59 Å². The lowest BCUT2D eigenvalue weighted by atomic mass is 10.2. The zero-order valence-corrected chi connectivity index (χ0v) is 14.7. The molecule has 0 fully saturated rings. The highest BCUT2D eigenvalue weighted by atomic mass is 35.5. The topological polar surface area (TPSA) is 113 Å². The number of carbonyl (C=O) groups excluding carboxylic acids is 2. The molecule has 3 aromatic rings. The molecule has 2 N–H and O–H groups in total. The Morgan fingerprint density at radius 2 is 2.15 bits per heavy atom. The van der Waals surface area contributed by atoms with Gasteiger partial charge in [0, 0.05) is 24.0 Å². The fraction of sp³-hybridized carbons (Fsp3) is 0.111. The fourth-order valence-corrected chi connectivity index (χ4v) is 2.61. The summed E-state index contributed by atoms with van der Waals surface area (Å²) in [4.78, 5) is 24.3.